The highest BCUT2D eigenvalue weighted by molar-refractivity contribution is 6.03. The number of benzene rings is 1. The average Bonchev–Trinajstić information content (AvgIpc) is 2.68. The summed E-state index contributed by atoms with van der Waals surface area (Å²) in [5, 5.41) is 6.52. The summed E-state index contributed by atoms with van der Waals surface area (Å²) in [5.74, 6) is 0.939. The number of rotatable bonds is 0. The standard InChI is InChI=1S/C11H10N2O/c1-7-5-9-10(14-7)4-3-8-6-12-13(2)11(8)9/h3-6H,1-2H3. The van der Waals surface area contributed by atoms with Gasteiger partial charge < -0.3 is 4.42 Å². The van der Waals surface area contributed by atoms with Gasteiger partial charge in [-0.15, -0.1) is 0 Å². The summed E-state index contributed by atoms with van der Waals surface area (Å²) >= 11 is 0. The summed E-state index contributed by atoms with van der Waals surface area (Å²) < 4.78 is 7.44. The maximum atomic E-state index is 5.56. The third-order valence-corrected chi connectivity index (χ3v) is 2.52. The van der Waals surface area contributed by atoms with Gasteiger partial charge in [0.15, 0.2) is 0 Å². The van der Waals surface area contributed by atoms with Crippen molar-refractivity contribution in [1.29, 1.82) is 0 Å². The molecule has 3 rings (SSSR count). The summed E-state index contributed by atoms with van der Waals surface area (Å²) in [6, 6.07) is 6.08. The second-order valence-corrected chi connectivity index (χ2v) is 3.54. The predicted octanol–water partition coefficient (Wildman–Crippen LogP) is 2.63. The molecule has 0 aliphatic rings. The van der Waals surface area contributed by atoms with Gasteiger partial charge in [0.2, 0.25) is 0 Å². The van der Waals surface area contributed by atoms with E-state index < -0.39 is 0 Å². The van der Waals surface area contributed by atoms with Gasteiger partial charge in [-0.05, 0) is 25.1 Å². The molecule has 2 heterocycles. The Morgan fingerprint density at radius 3 is 3.07 bits per heavy atom. The molecule has 2 aromatic heterocycles. The summed E-state index contributed by atoms with van der Waals surface area (Å²) in [5.41, 5.74) is 2.07. The lowest BCUT2D eigenvalue weighted by atomic mass is 10.2. The number of hydrogen-bond donors (Lipinski definition) is 0. The van der Waals surface area contributed by atoms with Crippen molar-refractivity contribution >= 4 is 21.9 Å². The maximum absolute atomic E-state index is 5.56. The molecule has 14 heavy (non-hydrogen) atoms. The average molecular weight is 186 g/mol. The SMILES string of the molecule is Cc1cc2c(ccc3cnn(C)c32)o1. The quantitative estimate of drug-likeness (QED) is 0.540. The number of nitrogens with zero attached hydrogens (tertiary/aromatic N) is 2. The molecule has 0 spiro atoms. The molecule has 0 atom stereocenters. The highest BCUT2D eigenvalue weighted by atomic mass is 16.3. The highest BCUT2D eigenvalue weighted by Gasteiger charge is 2.07. The van der Waals surface area contributed by atoms with Crippen LogP contribution in [0.25, 0.3) is 21.9 Å². The monoisotopic (exact) mass is 186 g/mol. The van der Waals surface area contributed by atoms with E-state index >= 15 is 0 Å². The minimum Gasteiger partial charge on any atom is -0.461 e. The topological polar surface area (TPSA) is 31.0 Å². The van der Waals surface area contributed by atoms with Gasteiger partial charge in [-0.25, -0.2) is 0 Å². The van der Waals surface area contributed by atoms with E-state index in [1.54, 1.807) is 0 Å². The first-order chi connectivity index (χ1) is 6.75. The van der Waals surface area contributed by atoms with E-state index in [-0.39, 0.29) is 0 Å². The zero-order valence-electron chi connectivity index (χ0n) is 8.11. The molecule has 0 N–H and O–H groups in total. The molecule has 0 aliphatic carbocycles. The minimum absolute atomic E-state index is 0.929. The van der Waals surface area contributed by atoms with Crippen LogP contribution >= 0.6 is 0 Å². The van der Waals surface area contributed by atoms with Gasteiger partial charge in [0.25, 0.3) is 0 Å². The molecule has 0 fully saturated rings. The van der Waals surface area contributed by atoms with E-state index in [9.17, 15) is 0 Å². The number of fused-ring (bicyclic) bond motifs is 3. The van der Waals surface area contributed by atoms with Crippen molar-refractivity contribution in [2.75, 3.05) is 0 Å². The van der Waals surface area contributed by atoms with E-state index in [0.29, 0.717) is 0 Å². The Bertz CT molecular complexity index is 619. The van der Waals surface area contributed by atoms with Gasteiger partial charge >= 0.3 is 0 Å². The maximum Gasteiger partial charge on any atom is 0.136 e. The van der Waals surface area contributed by atoms with Crippen LogP contribution in [-0.4, -0.2) is 9.78 Å². The third-order valence-electron chi connectivity index (χ3n) is 2.52. The van der Waals surface area contributed by atoms with Crippen molar-refractivity contribution in [1.82, 2.24) is 9.78 Å². The molecule has 0 unspecified atom stereocenters. The van der Waals surface area contributed by atoms with Crippen LogP contribution in [0, 0.1) is 6.92 Å². The van der Waals surface area contributed by atoms with E-state index in [2.05, 4.69) is 11.2 Å². The Balaban J connectivity index is 2.64. The van der Waals surface area contributed by atoms with Crippen LogP contribution in [0.2, 0.25) is 0 Å². The molecule has 1 aromatic carbocycles. The Labute approximate surface area is 80.9 Å². The first-order valence-electron chi connectivity index (χ1n) is 4.56. The van der Waals surface area contributed by atoms with Crippen LogP contribution in [0.1, 0.15) is 5.76 Å². The second-order valence-electron chi connectivity index (χ2n) is 3.54. The predicted molar refractivity (Wildman–Crippen MR) is 55.2 cm³/mol. The summed E-state index contributed by atoms with van der Waals surface area (Å²) in [6.07, 6.45) is 1.87. The normalized spacial score (nSPS) is 11.6. The molecule has 70 valence electrons. The number of hydrogen-bond acceptors (Lipinski definition) is 2. The van der Waals surface area contributed by atoms with Gasteiger partial charge in [-0.3, -0.25) is 4.68 Å². The fraction of sp³-hybridized carbons (Fsp3) is 0.182. The largest absolute Gasteiger partial charge is 0.461 e. The first-order valence-corrected chi connectivity index (χ1v) is 4.56. The Kier molecular flexibility index (Phi) is 1.29. The number of furan rings is 1. The summed E-state index contributed by atoms with van der Waals surface area (Å²) in [6.45, 7) is 1.96. The molecule has 0 saturated heterocycles. The Hall–Kier alpha value is -1.77. The van der Waals surface area contributed by atoms with Gasteiger partial charge in [0.1, 0.15) is 11.3 Å². The van der Waals surface area contributed by atoms with Crippen LogP contribution in [0.15, 0.2) is 28.8 Å². The van der Waals surface area contributed by atoms with Crippen molar-refractivity contribution in [3.63, 3.8) is 0 Å². The molecule has 3 heteroatoms. The summed E-state index contributed by atoms with van der Waals surface area (Å²) in [4.78, 5) is 0. The Morgan fingerprint density at radius 2 is 2.21 bits per heavy atom. The second kappa shape index (κ2) is 2.38. The van der Waals surface area contributed by atoms with Crippen LogP contribution in [-0.2, 0) is 7.05 Å². The van der Waals surface area contributed by atoms with Crippen LogP contribution in [0.5, 0.6) is 0 Å². The van der Waals surface area contributed by atoms with Gasteiger partial charge in [0, 0.05) is 17.8 Å². The molecule has 0 saturated carbocycles. The van der Waals surface area contributed by atoms with Crippen LogP contribution in [0.4, 0.5) is 0 Å². The number of aryl methyl sites for hydroxylation is 2. The molecular formula is C11H10N2O. The van der Waals surface area contributed by atoms with Crippen molar-refractivity contribution in [2.45, 2.75) is 6.92 Å². The van der Waals surface area contributed by atoms with Crippen molar-refractivity contribution in [3.05, 3.63) is 30.2 Å². The van der Waals surface area contributed by atoms with Gasteiger partial charge in [0.05, 0.1) is 11.7 Å². The molecule has 0 aliphatic heterocycles. The summed E-state index contributed by atoms with van der Waals surface area (Å²) in [7, 11) is 1.95. The fourth-order valence-electron chi connectivity index (χ4n) is 1.91. The zero-order valence-corrected chi connectivity index (χ0v) is 8.11. The van der Waals surface area contributed by atoms with E-state index in [1.165, 1.54) is 0 Å². The molecule has 3 nitrogen and oxygen atoms in total. The third kappa shape index (κ3) is 0.839. The zero-order chi connectivity index (χ0) is 9.71. The van der Waals surface area contributed by atoms with Crippen LogP contribution < -0.4 is 0 Å². The van der Waals surface area contributed by atoms with E-state index in [4.69, 9.17) is 4.42 Å². The molecule has 0 radical (unpaired) electrons. The number of aromatic nitrogens is 2. The van der Waals surface area contributed by atoms with E-state index in [0.717, 1.165) is 27.6 Å². The van der Waals surface area contributed by atoms with Crippen molar-refractivity contribution in [3.8, 4) is 0 Å². The molecule has 3 aromatic rings. The fourth-order valence-corrected chi connectivity index (χ4v) is 1.91. The lowest BCUT2D eigenvalue weighted by molar-refractivity contribution is 0.578. The first kappa shape index (κ1) is 7.62. The van der Waals surface area contributed by atoms with Gasteiger partial charge in [-0.2, -0.15) is 5.10 Å². The highest BCUT2D eigenvalue weighted by Crippen LogP contribution is 2.27. The Morgan fingerprint density at radius 1 is 1.36 bits per heavy atom. The van der Waals surface area contributed by atoms with Gasteiger partial charge in [-0.1, -0.05) is 0 Å². The smallest absolute Gasteiger partial charge is 0.136 e. The molecule has 0 amide bonds. The van der Waals surface area contributed by atoms with Crippen LogP contribution in [0.3, 0.4) is 0 Å². The lowest BCUT2D eigenvalue weighted by Gasteiger charge is -1.94. The molecule has 0 bridgehead atoms. The van der Waals surface area contributed by atoms with Crippen molar-refractivity contribution in [2.24, 2.45) is 7.05 Å². The molecular weight excluding hydrogens is 176 g/mol. The minimum atomic E-state index is 0.929. The van der Waals surface area contributed by atoms with E-state index in [1.807, 2.05) is 37.0 Å². The van der Waals surface area contributed by atoms with Crippen molar-refractivity contribution < 1.29 is 4.42 Å². The lowest BCUT2D eigenvalue weighted by Crippen LogP contribution is -1.88.